The van der Waals surface area contributed by atoms with Crippen LogP contribution in [0.3, 0.4) is 0 Å². The maximum atomic E-state index is 11.8. The molecular weight excluding hydrogens is 262 g/mol. The highest BCUT2D eigenvalue weighted by atomic mass is 32.1. The molecule has 1 unspecified atom stereocenters. The van der Waals surface area contributed by atoms with Crippen molar-refractivity contribution >= 4 is 23.2 Å². The molecule has 1 fully saturated rings. The first-order valence-electron chi connectivity index (χ1n) is 6.72. The van der Waals surface area contributed by atoms with E-state index in [0.29, 0.717) is 17.2 Å². The van der Waals surface area contributed by atoms with Gasteiger partial charge in [0.1, 0.15) is 0 Å². The number of carbonyl (C=O) groups excluding carboxylic acids is 1. The van der Waals surface area contributed by atoms with E-state index in [1.165, 1.54) is 37.0 Å². The molecule has 0 bridgehead atoms. The molecule has 2 rings (SSSR count). The average molecular weight is 281 g/mol. The normalized spacial score (nSPS) is 17.3. The molecule has 19 heavy (non-hydrogen) atoms. The lowest BCUT2D eigenvalue weighted by atomic mass is 10.0. The van der Waals surface area contributed by atoms with E-state index in [1.807, 2.05) is 5.38 Å². The van der Waals surface area contributed by atoms with E-state index in [2.05, 4.69) is 5.32 Å². The fraction of sp³-hybridized carbons (Fsp3) is 0.571. The SMILES string of the molecule is O=C(CCC1CCCC1)NC(C(=O)O)c1cccs1. The van der Waals surface area contributed by atoms with Crippen molar-refractivity contribution in [1.82, 2.24) is 5.32 Å². The second kappa shape index (κ2) is 6.70. The molecule has 0 saturated heterocycles. The molecular formula is C14H19NO3S. The number of nitrogens with one attached hydrogen (secondary N) is 1. The molecule has 0 aromatic carbocycles. The van der Waals surface area contributed by atoms with Gasteiger partial charge in [-0.25, -0.2) is 4.79 Å². The zero-order valence-corrected chi connectivity index (χ0v) is 11.6. The molecule has 4 nitrogen and oxygen atoms in total. The van der Waals surface area contributed by atoms with Crippen molar-refractivity contribution < 1.29 is 14.7 Å². The van der Waals surface area contributed by atoms with Crippen LogP contribution in [0.1, 0.15) is 49.4 Å². The highest BCUT2D eigenvalue weighted by molar-refractivity contribution is 7.10. The van der Waals surface area contributed by atoms with Crippen LogP contribution in [0.4, 0.5) is 0 Å². The minimum Gasteiger partial charge on any atom is -0.479 e. The number of hydrogen-bond donors (Lipinski definition) is 2. The summed E-state index contributed by atoms with van der Waals surface area (Å²) in [7, 11) is 0. The summed E-state index contributed by atoms with van der Waals surface area (Å²) in [6.07, 6.45) is 6.25. The summed E-state index contributed by atoms with van der Waals surface area (Å²) in [5.74, 6) is -0.514. The monoisotopic (exact) mass is 281 g/mol. The molecule has 104 valence electrons. The number of amides is 1. The van der Waals surface area contributed by atoms with Crippen molar-refractivity contribution in [1.29, 1.82) is 0 Å². The Morgan fingerprint density at radius 1 is 1.42 bits per heavy atom. The molecule has 1 heterocycles. The number of rotatable bonds is 6. The molecule has 1 aromatic heterocycles. The van der Waals surface area contributed by atoms with Crippen molar-refractivity contribution in [2.75, 3.05) is 0 Å². The third-order valence-electron chi connectivity index (χ3n) is 3.63. The van der Waals surface area contributed by atoms with Crippen LogP contribution >= 0.6 is 11.3 Å². The molecule has 0 radical (unpaired) electrons. The van der Waals surface area contributed by atoms with Crippen LogP contribution in [-0.2, 0) is 9.59 Å². The molecule has 0 aliphatic heterocycles. The van der Waals surface area contributed by atoms with Crippen molar-refractivity contribution in [3.63, 3.8) is 0 Å². The van der Waals surface area contributed by atoms with Gasteiger partial charge < -0.3 is 10.4 Å². The second-order valence-electron chi connectivity index (χ2n) is 5.04. The Bertz CT molecular complexity index is 424. The van der Waals surface area contributed by atoms with Crippen LogP contribution in [0.2, 0.25) is 0 Å². The molecule has 1 aromatic rings. The summed E-state index contributed by atoms with van der Waals surface area (Å²) in [5.41, 5.74) is 0. The number of carboxylic acids is 1. The molecule has 1 atom stereocenters. The van der Waals surface area contributed by atoms with Crippen LogP contribution in [0, 0.1) is 5.92 Å². The summed E-state index contributed by atoms with van der Waals surface area (Å²) >= 11 is 1.35. The van der Waals surface area contributed by atoms with Crippen molar-refractivity contribution in [2.24, 2.45) is 5.92 Å². The molecule has 1 saturated carbocycles. The number of carbonyl (C=O) groups is 2. The van der Waals surface area contributed by atoms with Crippen LogP contribution in [-0.4, -0.2) is 17.0 Å². The summed E-state index contributed by atoms with van der Waals surface area (Å²) in [5, 5.41) is 13.6. The topological polar surface area (TPSA) is 66.4 Å². The molecule has 2 N–H and O–H groups in total. The Morgan fingerprint density at radius 2 is 2.16 bits per heavy atom. The van der Waals surface area contributed by atoms with E-state index < -0.39 is 12.0 Å². The Kier molecular flexibility index (Phi) is 4.96. The van der Waals surface area contributed by atoms with E-state index in [-0.39, 0.29) is 5.91 Å². The maximum Gasteiger partial charge on any atom is 0.331 e. The highest BCUT2D eigenvalue weighted by Gasteiger charge is 2.23. The fourth-order valence-corrected chi connectivity index (χ4v) is 3.34. The lowest BCUT2D eigenvalue weighted by molar-refractivity contribution is -0.142. The Morgan fingerprint density at radius 3 is 2.74 bits per heavy atom. The maximum absolute atomic E-state index is 11.8. The van der Waals surface area contributed by atoms with Crippen molar-refractivity contribution in [2.45, 2.75) is 44.6 Å². The first-order valence-corrected chi connectivity index (χ1v) is 7.60. The van der Waals surface area contributed by atoms with Gasteiger partial charge in [-0.15, -0.1) is 11.3 Å². The molecule has 5 heteroatoms. The van der Waals surface area contributed by atoms with Crippen molar-refractivity contribution in [3.05, 3.63) is 22.4 Å². The summed E-state index contributed by atoms with van der Waals surface area (Å²) in [6, 6.07) is 2.62. The summed E-state index contributed by atoms with van der Waals surface area (Å²) < 4.78 is 0. The smallest absolute Gasteiger partial charge is 0.331 e. The summed E-state index contributed by atoms with van der Waals surface area (Å²) in [6.45, 7) is 0. The summed E-state index contributed by atoms with van der Waals surface area (Å²) in [4.78, 5) is 23.7. The Balaban J connectivity index is 1.83. The fourth-order valence-electron chi connectivity index (χ4n) is 2.58. The van der Waals surface area contributed by atoms with Gasteiger partial charge in [0.2, 0.25) is 5.91 Å². The second-order valence-corrected chi connectivity index (χ2v) is 6.02. The number of hydrogen-bond acceptors (Lipinski definition) is 3. The van der Waals surface area contributed by atoms with Gasteiger partial charge in [0, 0.05) is 11.3 Å². The third-order valence-corrected chi connectivity index (χ3v) is 4.57. The van der Waals surface area contributed by atoms with Crippen LogP contribution in [0.25, 0.3) is 0 Å². The average Bonchev–Trinajstić information content (AvgIpc) is 3.05. The predicted molar refractivity (Wildman–Crippen MR) is 74.0 cm³/mol. The van der Waals surface area contributed by atoms with E-state index in [0.717, 1.165) is 6.42 Å². The van der Waals surface area contributed by atoms with Gasteiger partial charge in [-0.05, 0) is 23.8 Å². The van der Waals surface area contributed by atoms with Gasteiger partial charge >= 0.3 is 5.97 Å². The minimum atomic E-state index is -1.00. The molecule has 0 spiro atoms. The lowest BCUT2D eigenvalue weighted by Crippen LogP contribution is -2.33. The van der Waals surface area contributed by atoms with Gasteiger partial charge in [0.05, 0.1) is 0 Å². The zero-order chi connectivity index (χ0) is 13.7. The highest BCUT2D eigenvalue weighted by Crippen LogP contribution is 2.28. The van der Waals surface area contributed by atoms with E-state index in [1.54, 1.807) is 12.1 Å². The first kappa shape index (κ1) is 14.1. The van der Waals surface area contributed by atoms with E-state index >= 15 is 0 Å². The first-order chi connectivity index (χ1) is 9.16. The predicted octanol–water partition coefficient (Wildman–Crippen LogP) is 2.96. The lowest BCUT2D eigenvalue weighted by Gasteiger charge is -2.14. The Hall–Kier alpha value is -1.36. The van der Waals surface area contributed by atoms with Crippen LogP contribution in [0.15, 0.2) is 17.5 Å². The van der Waals surface area contributed by atoms with Crippen LogP contribution in [0.5, 0.6) is 0 Å². The minimum absolute atomic E-state index is 0.160. The van der Waals surface area contributed by atoms with Crippen LogP contribution < -0.4 is 5.32 Å². The number of thiophene rings is 1. The molecule has 1 aliphatic carbocycles. The molecule has 1 amide bonds. The number of aliphatic carboxylic acids is 1. The largest absolute Gasteiger partial charge is 0.479 e. The van der Waals surface area contributed by atoms with Gasteiger partial charge in [0.25, 0.3) is 0 Å². The van der Waals surface area contributed by atoms with E-state index in [4.69, 9.17) is 5.11 Å². The standard InChI is InChI=1S/C14H19NO3S/c16-12(8-7-10-4-1-2-5-10)15-13(14(17)18)11-6-3-9-19-11/h3,6,9-10,13H,1-2,4-5,7-8H2,(H,15,16)(H,17,18). The van der Waals surface area contributed by atoms with Crippen molar-refractivity contribution in [3.8, 4) is 0 Å². The van der Waals surface area contributed by atoms with E-state index in [9.17, 15) is 9.59 Å². The quantitative estimate of drug-likeness (QED) is 0.842. The zero-order valence-electron chi connectivity index (χ0n) is 10.8. The van der Waals surface area contributed by atoms with Gasteiger partial charge in [-0.1, -0.05) is 31.7 Å². The molecule has 1 aliphatic rings. The van der Waals surface area contributed by atoms with Gasteiger partial charge in [0.15, 0.2) is 6.04 Å². The third kappa shape index (κ3) is 4.06. The van der Waals surface area contributed by atoms with Gasteiger partial charge in [-0.2, -0.15) is 0 Å². The number of carboxylic acid groups (broad SMARTS) is 1. The Labute approximate surface area is 116 Å². The van der Waals surface area contributed by atoms with Gasteiger partial charge in [-0.3, -0.25) is 4.79 Å².